The lowest BCUT2D eigenvalue weighted by Gasteiger charge is -2.21. The Balaban J connectivity index is 1.99. The lowest BCUT2D eigenvalue weighted by atomic mass is 10.0. The van der Waals surface area contributed by atoms with Gasteiger partial charge in [0.15, 0.2) is 0 Å². The van der Waals surface area contributed by atoms with Crippen molar-refractivity contribution in [2.75, 3.05) is 32.9 Å². The van der Waals surface area contributed by atoms with Gasteiger partial charge in [0.2, 0.25) is 0 Å². The average molecular weight is 201 g/mol. The number of hydrogen-bond acceptors (Lipinski definition) is 4. The van der Waals surface area contributed by atoms with E-state index in [2.05, 4.69) is 5.32 Å². The van der Waals surface area contributed by atoms with Gasteiger partial charge in [0.25, 0.3) is 0 Å². The molecule has 0 aromatic heterocycles. The molecule has 0 aromatic carbocycles. The molecule has 1 aliphatic rings. The van der Waals surface area contributed by atoms with E-state index in [1.165, 1.54) is 6.42 Å². The van der Waals surface area contributed by atoms with Gasteiger partial charge in [0.05, 0.1) is 19.8 Å². The van der Waals surface area contributed by atoms with Crippen LogP contribution in [0.1, 0.15) is 19.8 Å². The van der Waals surface area contributed by atoms with Gasteiger partial charge >= 0.3 is 5.97 Å². The first-order valence-electron chi connectivity index (χ1n) is 5.27. The summed E-state index contributed by atoms with van der Waals surface area (Å²) in [5.74, 6) is 0.377. The Bertz CT molecular complexity index is 167. The normalized spacial score (nSPS) is 21.9. The molecular formula is C10H19NO3. The van der Waals surface area contributed by atoms with Gasteiger partial charge in [-0.15, -0.1) is 0 Å². The minimum absolute atomic E-state index is 0.177. The highest BCUT2D eigenvalue weighted by molar-refractivity contribution is 5.71. The van der Waals surface area contributed by atoms with Crippen LogP contribution in [0.15, 0.2) is 0 Å². The Morgan fingerprint density at radius 3 is 3.14 bits per heavy atom. The van der Waals surface area contributed by atoms with Crippen molar-refractivity contribution in [3.8, 4) is 0 Å². The number of rotatable bonds is 5. The molecule has 1 N–H and O–H groups in total. The van der Waals surface area contributed by atoms with E-state index in [0.717, 1.165) is 26.2 Å². The third-order valence-corrected chi connectivity index (χ3v) is 2.26. The second-order valence-corrected chi connectivity index (χ2v) is 3.52. The molecule has 14 heavy (non-hydrogen) atoms. The molecule has 0 aromatic rings. The Labute approximate surface area is 85.0 Å². The van der Waals surface area contributed by atoms with Crippen LogP contribution in [0.5, 0.6) is 0 Å². The molecule has 1 saturated heterocycles. The van der Waals surface area contributed by atoms with Crippen LogP contribution in [0.3, 0.4) is 0 Å². The van der Waals surface area contributed by atoms with Crippen LogP contribution in [-0.2, 0) is 14.3 Å². The van der Waals surface area contributed by atoms with Crippen LogP contribution >= 0.6 is 0 Å². The molecule has 0 amide bonds. The molecule has 4 nitrogen and oxygen atoms in total. The van der Waals surface area contributed by atoms with Gasteiger partial charge in [-0.3, -0.25) is 4.79 Å². The molecule has 82 valence electrons. The van der Waals surface area contributed by atoms with Crippen molar-refractivity contribution in [1.29, 1.82) is 0 Å². The molecule has 0 radical (unpaired) electrons. The van der Waals surface area contributed by atoms with E-state index in [1.54, 1.807) is 0 Å². The second-order valence-electron chi connectivity index (χ2n) is 3.52. The highest BCUT2D eigenvalue weighted by atomic mass is 16.5. The lowest BCUT2D eigenvalue weighted by molar-refractivity contribution is -0.142. The largest absolute Gasteiger partial charge is 0.465 e. The number of carbonyl (C=O) groups is 1. The fourth-order valence-corrected chi connectivity index (χ4v) is 1.56. The average Bonchev–Trinajstić information content (AvgIpc) is 2.20. The maximum Gasteiger partial charge on any atom is 0.319 e. The molecule has 1 unspecified atom stereocenters. The van der Waals surface area contributed by atoms with Crippen molar-refractivity contribution in [1.82, 2.24) is 5.32 Å². The van der Waals surface area contributed by atoms with Crippen LogP contribution in [-0.4, -0.2) is 38.9 Å². The fraction of sp³-hybridized carbons (Fsp3) is 0.900. The number of ether oxygens (including phenoxy) is 2. The molecule has 1 heterocycles. The third kappa shape index (κ3) is 4.58. The van der Waals surface area contributed by atoms with Crippen LogP contribution < -0.4 is 5.32 Å². The van der Waals surface area contributed by atoms with Gasteiger partial charge in [-0.05, 0) is 25.7 Å². The summed E-state index contributed by atoms with van der Waals surface area (Å²) in [5, 5.41) is 3.09. The number of esters is 1. The van der Waals surface area contributed by atoms with Gasteiger partial charge in [-0.1, -0.05) is 0 Å². The molecule has 0 aliphatic carbocycles. The molecular weight excluding hydrogens is 182 g/mol. The molecule has 1 atom stereocenters. The maximum absolute atomic E-state index is 11.0. The summed E-state index contributed by atoms with van der Waals surface area (Å²) in [7, 11) is 0. The predicted octanol–water partition coefficient (Wildman–Crippen LogP) is 0.566. The van der Waals surface area contributed by atoms with E-state index >= 15 is 0 Å². The number of carbonyl (C=O) groups excluding carboxylic acids is 1. The number of nitrogens with one attached hydrogen (secondary N) is 1. The summed E-state index contributed by atoms with van der Waals surface area (Å²) in [6.45, 7) is 5.12. The maximum atomic E-state index is 11.0. The summed E-state index contributed by atoms with van der Waals surface area (Å²) in [4.78, 5) is 11.0. The Kier molecular flexibility index (Phi) is 5.56. The first-order valence-corrected chi connectivity index (χ1v) is 5.27. The molecule has 1 aliphatic heterocycles. The van der Waals surface area contributed by atoms with Gasteiger partial charge in [-0.25, -0.2) is 0 Å². The highest BCUT2D eigenvalue weighted by Gasteiger charge is 2.13. The standard InChI is InChI=1S/C10H19NO3/c1-2-14-10(12)7-11-6-9-4-3-5-13-8-9/h9,11H,2-8H2,1H3. The van der Waals surface area contributed by atoms with Crippen LogP contribution in [0.4, 0.5) is 0 Å². The predicted molar refractivity (Wildman–Crippen MR) is 53.0 cm³/mol. The van der Waals surface area contributed by atoms with E-state index in [4.69, 9.17) is 9.47 Å². The van der Waals surface area contributed by atoms with E-state index in [1.807, 2.05) is 6.92 Å². The van der Waals surface area contributed by atoms with E-state index in [9.17, 15) is 4.79 Å². The smallest absolute Gasteiger partial charge is 0.319 e. The van der Waals surface area contributed by atoms with Crippen molar-refractivity contribution in [3.05, 3.63) is 0 Å². The molecule has 0 bridgehead atoms. The lowest BCUT2D eigenvalue weighted by Crippen LogP contribution is -2.33. The van der Waals surface area contributed by atoms with Crippen molar-refractivity contribution < 1.29 is 14.3 Å². The van der Waals surface area contributed by atoms with Crippen molar-refractivity contribution in [2.45, 2.75) is 19.8 Å². The summed E-state index contributed by atoms with van der Waals surface area (Å²) in [6.07, 6.45) is 2.32. The summed E-state index contributed by atoms with van der Waals surface area (Å²) < 4.78 is 10.1. The van der Waals surface area contributed by atoms with Gasteiger partial charge in [-0.2, -0.15) is 0 Å². The van der Waals surface area contributed by atoms with Crippen LogP contribution in [0, 0.1) is 5.92 Å². The molecule has 1 fully saturated rings. The minimum Gasteiger partial charge on any atom is -0.465 e. The summed E-state index contributed by atoms with van der Waals surface area (Å²) >= 11 is 0. The third-order valence-electron chi connectivity index (χ3n) is 2.26. The van der Waals surface area contributed by atoms with Crippen molar-refractivity contribution in [2.24, 2.45) is 5.92 Å². The Hall–Kier alpha value is -0.610. The SMILES string of the molecule is CCOC(=O)CNCC1CCCOC1. The van der Waals surface area contributed by atoms with Crippen molar-refractivity contribution >= 4 is 5.97 Å². The monoisotopic (exact) mass is 201 g/mol. The van der Waals surface area contributed by atoms with E-state index in [-0.39, 0.29) is 5.97 Å². The second kappa shape index (κ2) is 6.79. The quantitative estimate of drug-likeness (QED) is 0.660. The van der Waals surface area contributed by atoms with Gasteiger partial charge in [0.1, 0.15) is 0 Å². The Morgan fingerprint density at radius 1 is 1.64 bits per heavy atom. The van der Waals surface area contributed by atoms with Gasteiger partial charge in [0, 0.05) is 13.2 Å². The zero-order valence-electron chi connectivity index (χ0n) is 8.75. The molecule has 0 spiro atoms. The number of hydrogen-bond donors (Lipinski definition) is 1. The highest BCUT2D eigenvalue weighted by Crippen LogP contribution is 2.11. The zero-order chi connectivity index (χ0) is 10.2. The molecule has 1 rings (SSSR count). The first-order chi connectivity index (χ1) is 6.83. The topological polar surface area (TPSA) is 47.6 Å². The minimum atomic E-state index is -0.177. The van der Waals surface area contributed by atoms with E-state index < -0.39 is 0 Å². The van der Waals surface area contributed by atoms with Crippen LogP contribution in [0.2, 0.25) is 0 Å². The van der Waals surface area contributed by atoms with Gasteiger partial charge < -0.3 is 14.8 Å². The summed E-state index contributed by atoms with van der Waals surface area (Å²) in [5.41, 5.74) is 0. The fourth-order valence-electron chi connectivity index (χ4n) is 1.56. The summed E-state index contributed by atoms with van der Waals surface area (Å²) in [6, 6.07) is 0. The van der Waals surface area contributed by atoms with E-state index in [0.29, 0.717) is 19.1 Å². The first kappa shape index (κ1) is 11.5. The zero-order valence-corrected chi connectivity index (χ0v) is 8.75. The molecule has 0 saturated carbocycles. The molecule has 4 heteroatoms. The van der Waals surface area contributed by atoms with Crippen LogP contribution in [0.25, 0.3) is 0 Å². The Morgan fingerprint density at radius 2 is 2.50 bits per heavy atom. The van der Waals surface area contributed by atoms with Crippen molar-refractivity contribution in [3.63, 3.8) is 0 Å².